The minimum Gasteiger partial charge on any atom is -0.468 e. The average molecular weight is 265 g/mol. The Hall–Kier alpha value is -1.91. The highest BCUT2D eigenvalue weighted by atomic mass is 19.1. The van der Waals surface area contributed by atoms with E-state index >= 15 is 0 Å². The van der Waals surface area contributed by atoms with Gasteiger partial charge in [0.05, 0.1) is 7.11 Å². The summed E-state index contributed by atoms with van der Waals surface area (Å²) in [6, 6.07) is 5.94. The van der Waals surface area contributed by atoms with Crippen LogP contribution in [0.1, 0.15) is 18.4 Å². The smallest absolute Gasteiger partial charge is 0.321 e. The summed E-state index contributed by atoms with van der Waals surface area (Å²) >= 11 is 0. The maximum absolute atomic E-state index is 12.8. The highest BCUT2D eigenvalue weighted by Crippen LogP contribution is 2.48. The first-order valence-corrected chi connectivity index (χ1v) is 6.08. The van der Waals surface area contributed by atoms with Crippen LogP contribution in [0.2, 0.25) is 0 Å². The molecule has 1 aliphatic rings. The number of hydrogen-bond acceptors (Lipinski definition) is 3. The molecule has 1 saturated carbocycles. The number of amides is 1. The van der Waals surface area contributed by atoms with Gasteiger partial charge in [0.2, 0.25) is 5.91 Å². The summed E-state index contributed by atoms with van der Waals surface area (Å²) in [5.74, 6) is -1.02. The fourth-order valence-corrected chi connectivity index (χ4v) is 2.13. The van der Waals surface area contributed by atoms with Crippen LogP contribution in [0.5, 0.6) is 0 Å². The second kappa shape index (κ2) is 4.99. The van der Waals surface area contributed by atoms with Crippen molar-refractivity contribution in [3.05, 3.63) is 35.6 Å². The number of carbonyl (C=O) groups is 2. The number of carbonyl (C=O) groups excluding carboxylic acids is 2. The number of halogens is 1. The summed E-state index contributed by atoms with van der Waals surface area (Å²) in [5.41, 5.74) is -0.165. The van der Waals surface area contributed by atoms with Crippen molar-refractivity contribution in [3.63, 3.8) is 0 Å². The van der Waals surface area contributed by atoms with Crippen LogP contribution in [0.3, 0.4) is 0 Å². The molecule has 102 valence electrons. The van der Waals surface area contributed by atoms with E-state index in [4.69, 9.17) is 0 Å². The second-order valence-electron chi connectivity index (χ2n) is 4.86. The molecule has 0 N–H and O–H groups in total. The molecule has 1 aliphatic carbocycles. The Morgan fingerprint density at radius 3 is 2.37 bits per heavy atom. The summed E-state index contributed by atoms with van der Waals surface area (Å²) in [4.78, 5) is 25.4. The van der Waals surface area contributed by atoms with E-state index in [-0.39, 0.29) is 11.7 Å². The largest absolute Gasteiger partial charge is 0.468 e. The minimum atomic E-state index is -0.983. The zero-order valence-electron chi connectivity index (χ0n) is 11.0. The van der Waals surface area contributed by atoms with Crippen LogP contribution < -0.4 is 0 Å². The molecule has 1 amide bonds. The zero-order valence-corrected chi connectivity index (χ0v) is 11.0. The lowest BCUT2D eigenvalue weighted by Crippen LogP contribution is -2.38. The van der Waals surface area contributed by atoms with Crippen molar-refractivity contribution in [2.75, 3.05) is 14.2 Å². The normalized spacial score (nSPS) is 15.7. The summed E-state index contributed by atoms with van der Waals surface area (Å²) in [6.07, 6.45) is 1.07. The molecule has 1 fully saturated rings. The Bertz CT molecular complexity index is 494. The van der Waals surface area contributed by atoms with Crippen LogP contribution in [0, 0.1) is 11.2 Å². The average Bonchev–Trinajstić information content (AvgIpc) is 3.21. The van der Waals surface area contributed by atoms with Gasteiger partial charge in [-0.25, -0.2) is 4.39 Å². The van der Waals surface area contributed by atoms with E-state index in [9.17, 15) is 14.0 Å². The van der Waals surface area contributed by atoms with Gasteiger partial charge in [0, 0.05) is 13.6 Å². The predicted molar refractivity (Wildman–Crippen MR) is 66.6 cm³/mol. The van der Waals surface area contributed by atoms with Gasteiger partial charge in [-0.05, 0) is 30.5 Å². The third-order valence-corrected chi connectivity index (χ3v) is 3.42. The molecule has 1 aromatic rings. The van der Waals surface area contributed by atoms with Crippen molar-refractivity contribution >= 4 is 11.9 Å². The molecule has 5 heteroatoms. The van der Waals surface area contributed by atoms with Crippen molar-refractivity contribution in [1.29, 1.82) is 0 Å². The molecule has 1 aromatic carbocycles. The van der Waals surface area contributed by atoms with Crippen LogP contribution in [0.25, 0.3) is 0 Å². The first-order valence-electron chi connectivity index (χ1n) is 6.08. The monoisotopic (exact) mass is 265 g/mol. The third-order valence-electron chi connectivity index (χ3n) is 3.42. The Kier molecular flexibility index (Phi) is 3.55. The van der Waals surface area contributed by atoms with E-state index in [0.717, 1.165) is 5.56 Å². The van der Waals surface area contributed by atoms with E-state index in [0.29, 0.717) is 19.4 Å². The first-order chi connectivity index (χ1) is 8.99. The predicted octanol–water partition coefficient (Wildman–Crippen LogP) is 1.74. The van der Waals surface area contributed by atoms with Gasteiger partial charge in [0.1, 0.15) is 11.2 Å². The van der Waals surface area contributed by atoms with Crippen molar-refractivity contribution in [2.45, 2.75) is 19.4 Å². The van der Waals surface area contributed by atoms with Crippen molar-refractivity contribution in [1.82, 2.24) is 4.90 Å². The minimum absolute atomic E-state index is 0.233. The molecule has 0 heterocycles. The molecule has 0 spiro atoms. The quantitative estimate of drug-likeness (QED) is 0.615. The van der Waals surface area contributed by atoms with Gasteiger partial charge in [-0.15, -0.1) is 0 Å². The van der Waals surface area contributed by atoms with Gasteiger partial charge < -0.3 is 9.64 Å². The molecule has 0 radical (unpaired) electrons. The van der Waals surface area contributed by atoms with Crippen molar-refractivity contribution in [3.8, 4) is 0 Å². The number of benzene rings is 1. The van der Waals surface area contributed by atoms with Crippen LogP contribution in [0.4, 0.5) is 4.39 Å². The lowest BCUT2D eigenvalue weighted by Gasteiger charge is -2.22. The van der Waals surface area contributed by atoms with Crippen molar-refractivity contribution < 1.29 is 18.7 Å². The third kappa shape index (κ3) is 2.59. The summed E-state index contributed by atoms with van der Waals surface area (Å²) in [7, 11) is 2.92. The number of esters is 1. The van der Waals surface area contributed by atoms with Gasteiger partial charge in [-0.3, -0.25) is 9.59 Å². The number of methoxy groups -OCH3 is 1. The number of hydrogen-bond donors (Lipinski definition) is 0. The zero-order chi connectivity index (χ0) is 14.0. The SMILES string of the molecule is COC(=O)C1(C(=O)N(C)Cc2ccc(F)cc2)CC1. The number of ether oxygens (including phenoxy) is 1. The van der Waals surface area contributed by atoms with Crippen molar-refractivity contribution in [2.24, 2.45) is 5.41 Å². The van der Waals surface area contributed by atoms with E-state index in [2.05, 4.69) is 4.74 Å². The maximum Gasteiger partial charge on any atom is 0.321 e. The van der Waals surface area contributed by atoms with Crippen LogP contribution in [-0.2, 0) is 20.9 Å². The molecule has 0 bridgehead atoms. The maximum atomic E-state index is 12.8. The molecule has 2 rings (SSSR count). The fourth-order valence-electron chi connectivity index (χ4n) is 2.13. The lowest BCUT2D eigenvalue weighted by atomic mass is 10.1. The molecular weight excluding hydrogens is 249 g/mol. The summed E-state index contributed by atoms with van der Waals surface area (Å²) in [5, 5.41) is 0. The first kappa shape index (κ1) is 13.5. The van der Waals surface area contributed by atoms with Gasteiger partial charge in [0.25, 0.3) is 0 Å². The van der Waals surface area contributed by atoms with Crippen LogP contribution in [0.15, 0.2) is 24.3 Å². The highest BCUT2D eigenvalue weighted by molar-refractivity contribution is 6.05. The second-order valence-corrected chi connectivity index (χ2v) is 4.86. The molecule has 4 nitrogen and oxygen atoms in total. The van der Waals surface area contributed by atoms with E-state index in [1.54, 1.807) is 19.2 Å². The lowest BCUT2D eigenvalue weighted by molar-refractivity contribution is -0.155. The Balaban J connectivity index is 2.04. The molecule has 19 heavy (non-hydrogen) atoms. The molecule has 0 aromatic heterocycles. The Morgan fingerprint density at radius 1 is 1.32 bits per heavy atom. The van der Waals surface area contributed by atoms with E-state index < -0.39 is 11.4 Å². The molecular formula is C14H16FNO3. The molecule has 0 atom stereocenters. The molecule has 0 unspecified atom stereocenters. The van der Waals surface area contributed by atoms with Gasteiger partial charge >= 0.3 is 5.97 Å². The Labute approximate surface area is 111 Å². The number of rotatable bonds is 4. The standard InChI is InChI=1S/C14H16FNO3/c1-16(9-10-3-5-11(15)6-4-10)12(17)14(7-8-14)13(18)19-2/h3-6H,7-9H2,1-2H3. The molecule has 0 aliphatic heterocycles. The topological polar surface area (TPSA) is 46.6 Å². The van der Waals surface area contributed by atoms with Crippen LogP contribution >= 0.6 is 0 Å². The van der Waals surface area contributed by atoms with E-state index in [1.807, 2.05) is 0 Å². The molecule has 0 saturated heterocycles. The van der Waals surface area contributed by atoms with Crippen LogP contribution in [-0.4, -0.2) is 30.9 Å². The fraction of sp³-hybridized carbons (Fsp3) is 0.429. The van der Waals surface area contributed by atoms with E-state index in [1.165, 1.54) is 24.1 Å². The summed E-state index contributed by atoms with van der Waals surface area (Å²) < 4.78 is 17.5. The van der Waals surface area contributed by atoms with Gasteiger partial charge in [-0.1, -0.05) is 12.1 Å². The highest BCUT2D eigenvalue weighted by Gasteiger charge is 2.58. The van der Waals surface area contributed by atoms with Gasteiger partial charge in [-0.2, -0.15) is 0 Å². The number of nitrogens with zero attached hydrogens (tertiary/aromatic N) is 1. The Morgan fingerprint density at radius 2 is 1.89 bits per heavy atom. The van der Waals surface area contributed by atoms with Gasteiger partial charge in [0.15, 0.2) is 0 Å². The summed E-state index contributed by atoms with van der Waals surface area (Å²) in [6.45, 7) is 0.345.